The summed E-state index contributed by atoms with van der Waals surface area (Å²) >= 11 is 0. The van der Waals surface area contributed by atoms with Crippen LogP contribution in [0.2, 0.25) is 0 Å². The van der Waals surface area contributed by atoms with Gasteiger partial charge in [0.1, 0.15) is 5.82 Å². The van der Waals surface area contributed by atoms with Crippen LogP contribution in [0.1, 0.15) is 23.2 Å². The summed E-state index contributed by atoms with van der Waals surface area (Å²) in [4.78, 5) is 27.8. The second kappa shape index (κ2) is 7.96. The molecule has 8 heteroatoms. The maximum Gasteiger partial charge on any atom is 0.274 e. The molecule has 1 aliphatic carbocycles. The first-order chi connectivity index (χ1) is 12.9. The third kappa shape index (κ3) is 4.57. The Morgan fingerprint density at radius 2 is 1.70 bits per heavy atom. The Kier molecular flexibility index (Phi) is 5.65. The molecule has 6 nitrogen and oxygen atoms in total. The summed E-state index contributed by atoms with van der Waals surface area (Å²) in [5, 5.41) is 7.78. The second-order valence-electron chi connectivity index (χ2n) is 6.92. The molecule has 1 saturated heterocycles. The van der Waals surface area contributed by atoms with Gasteiger partial charge in [-0.3, -0.25) is 19.9 Å². The van der Waals surface area contributed by atoms with Gasteiger partial charge in [-0.05, 0) is 37.1 Å². The van der Waals surface area contributed by atoms with E-state index in [2.05, 4.69) is 0 Å². The van der Waals surface area contributed by atoms with Gasteiger partial charge >= 0.3 is 0 Å². The number of benzene rings is 1. The van der Waals surface area contributed by atoms with Crippen molar-refractivity contribution in [3.63, 3.8) is 0 Å². The Morgan fingerprint density at radius 1 is 1.11 bits per heavy atom. The second-order valence-corrected chi connectivity index (χ2v) is 6.92. The molecule has 1 aliphatic heterocycles. The van der Waals surface area contributed by atoms with Gasteiger partial charge in [0.2, 0.25) is 0 Å². The number of nitrogens with two attached hydrogens (primary N) is 1. The number of nitrogens with zero attached hydrogens (tertiary/aromatic N) is 2. The van der Waals surface area contributed by atoms with Crippen LogP contribution in [-0.4, -0.2) is 59.9 Å². The number of nitrogens with one attached hydrogen (secondary N) is 1. The van der Waals surface area contributed by atoms with Crippen molar-refractivity contribution >= 4 is 17.4 Å². The predicted octanol–water partition coefficient (Wildman–Crippen LogP) is 1.72. The van der Waals surface area contributed by atoms with Crippen LogP contribution < -0.4 is 5.73 Å². The molecule has 0 unspecified atom stereocenters. The number of hydrogen-bond acceptors (Lipinski definition) is 5. The van der Waals surface area contributed by atoms with Crippen LogP contribution in [0.15, 0.2) is 35.8 Å². The lowest BCUT2D eigenvalue weighted by Gasteiger charge is -2.34. The Labute approximate surface area is 156 Å². The van der Waals surface area contributed by atoms with Crippen molar-refractivity contribution < 1.29 is 18.4 Å². The number of carbonyl (C=O) groups excluding carboxylic acids is 2. The van der Waals surface area contributed by atoms with Gasteiger partial charge in [-0.1, -0.05) is 0 Å². The number of ketones is 1. The van der Waals surface area contributed by atoms with Gasteiger partial charge in [-0.2, -0.15) is 0 Å². The summed E-state index contributed by atoms with van der Waals surface area (Å²) in [5.41, 5.74) is 5.38. The predicted molar refractivity (Wildman–Crippen MR) is 96.5 cm³/mol. The summed E-state index contributed by atoms with van der Waals surface area (Å²) < 4.78 is 27.1. The SMILES string of the molecule is N=C(C(=O)N1CCN(CC(=O)c2ccc(F)cc2)CC1)/C(F)=C(\N)C1CC1. The van der Waals surface area contributed by atoms with Crippen LogP contribution in [0.4, 0.5) is 8.78 Å². The van der Waals surface area contributed by atoms with E-state index in [-0.39, 0.29) is 23.9 Å². The normalized spacial score (nSPS) is 18.8. The van der Waals surface area contributed by atoms with Gasteiger partial charge in [-0.25, -0.2) is 8.78 Å². The highest BCUT2D eigenvalue weighted by molar-refractivity contribution is 6.43. The average Bonchev–Trinajstić information content (AvgIpc) is 3.52. The zero-order valence-electron chi connectivity index (χ0n) is 14.9. The number of hydrogen-bond donors (Lipinski definition) is 2. The van der Waals surface area contributed by atoms with Gasteiger partial charge in [-0.15, -0.1) is 0 Å². The van der Waals surface area contributed by atoms with Crippen molar-refractivity contribution in [2.75, 3.05) is 32.7 Å². The molecule has 3 rings (SSSR count). The fraction of sp³-hybridized carbons (Fsp3) is 0.421. The monoisotopic (exact) mass is 376 g/mol. The fourth-order valence-electron chi connectivity index (χ4n) is 3.01. The van der Waals surface area contributed by atoms with E-state index < -0.39 is 23.3 Å². The molecule has 0 atom stereocenters. The molecule has 144 valence electrons. The molecule has 1 amide bonds. The maximum atomic E-state index is 14.2. The topological polar surface area (TPSA) is 90.5 Å². The fourth-order valence-corrected chi connectivity index (χ4v) is 3.01. The molecule has 0 radical (unpaired) electrons. The maximum absolute atomic E-state index is 14.2. The van der Waals surface area contributed by atoms with Gasteiger partial charge in [0, 0.05) is 43.4 Å². The van der Waals surface area contributed by atoms with E-state index in [0.717, 1.165) is 12.8 Å². The molecular formula is C19H22F2N4O2. The zero-order valence-corrected chi connectivity index (χ0v) is 14.9. The number of Topliss-reactive ketones (excluding diaryl/α,β-unsaturated/α-hetero) is 1. The van der Waals surface area contributed by atoms with Gasteiger partial charge in [0.05, 0.1) is 6.54 Å². The van der Waals surface area contributed by atoms with Crippen LogP contribution in [-0.2, 0) is 4.79 Å². The molecule has 0 bridgehead atoms. The summed E-state index contributed by atoms with van der Waals surface area (Å²) in [5.74, 6) is -2.18. The molecule has 1 aromatic carbocycles. The number of halogens is 2. The van der Waals surface area contributed by atoms with Crippen LogP contribution in [0.5, 0.6) is 0 Å². The van der Waals surface area contributed by atoms with E-state index in [0.29, 0.717) is 31.7 Å². The lowest BCUT2D eigenvalue weighted by molar-refractivity contribution is -0.125. The number of carbonyl (C=O) groups is 2. The molecule has 2 fully saturated rings. The highest BCUT2D eigenvalue weighted by Crippen LogP contribution is 2.35. The van der Waals surface area contributed by atoms with Crippen molar-refractivity contribution in [1.82, 2.24) is 9.80 Å². The lowest BCUT2D eigenvalue weighted by Crippen LogP contribution is -2.51. The van der Waals surface area contributed by atoms with Gasteiger partial charge in [0.25, 0.3) is 5.91 Å². The Bertz CT molecular complexity index is 779. The summed E-state index contributed by atoms with van der Waals surface area (Å²) in [6.07, 6.45) is 1.59. The quantitative estimate of drug-likeness (QED) is 0.584. The van der Waals surface area contributed by atoms with Gasteiger partial charge in [0.15, 0.2) is 17.3 Å². The molecule has 0 spiro atoms. The smallest absolute Gasteiger partial charge is 0.274 e. The minimum absolute atomic E-state index is 0.00289. The van der Waals surface area contributed by atoms with Crippen LogP contribution >= 0.6 is 0 Å². The summed E-state index contributed by atoms with van der Waals surface area (Å²) in [6.45, 7) is 1.64. The molecule has 1 aromatic rings. The molecule has 1 heterocycles. The van der Waals surface area contributed by atoms with E-state index >= 15 is 0 Å². The minimum atomic E-state index is -0.920. The number of piperazine rings is 1. The van der Waals surface area contributed by atoms with Crippen molar-refractivity contribution in [3.8, 4) is 0 Å². The van der Waals surface area contributed by atoms with Crippen molar-refractivity contribution in [3.05, 3.63) is 47.2 Å². The molecule has 27 heavy (non-hydrogen) atoms. The largest absolute Gasteiger partial charge is 0.399 e. The van der Waals surface area contributed by atoms with E-state index in [1.54, 1.807) is 0 Å². The summed E-state index contributed by atoms with van der Waals surface area (Å²) in [6, 6.07) is 5.37. The first-order valence-corrected chi connectivity index (χ1v) is 8.91. The highest BCUT2D eigenvalue weighted by atomic mass is 19.1. The highest BCUT2D eigenvalue weighted by Gasteiger charge is 2.32. The standard InChI is InChI=1S/C19H22F2N4O2/c20-14-5-3-12(4-6-14)15(26)11-24-7-9-25(10-8-24)19(27)18(23)16(21)17(22)13-1-2-13/h3-6,13,23H,1-2,7-11,22H2/b17-16+,23-18?. The average molecular weight is 376 g/mol. The zero-order chi connectivity index (χ0) is 19.6. The van der Waals surface area contributed by atoms with E-state index in [4.69, 9.17) is 11.1 Å². The number of amides is 1. The minimum Gasteiger partial charge on any atom is -0.399 e. The van der Waals surface area contributed by atoms with E-state index in [1.807, 2.05) is 4.90 Å². The molecule has 0 aromatic heterocycles. The van der Waals surface area contributed by atoms with Crippen LogP contribution in [0.3, 0.4) is 0 Å². The molecule has 3 N–H and O–H groups in total. The van der Waals surface area contributed by atoms with Crippen molar-refractivity contribution in [1.29, 1.82) is 5.41 Å². The molecule has 2 aliphatic rings. The first-order valence-electron chi connectivity index (χ1n) is 8.91. The third-order valence-corrected chi connectivity index (χ3v) is 4.90. The third-order valence-electron chi connectivity index (χ3n) is 4.90. The van der Waals surface area contributed by atoms with Crippen LogP contribution in [0.25, 0.3) is 0 Å². The van der Waals surface area contributed by atoms with Crippen LogP contribution in [0, 0.1) is 17.1 Å². The molecule has 1 saturated carbocycles. The van der Waals surface area contributed by atoms with E-state index in [1.165, 1.54) is 29.2 Å². The first kappa shape index (κ1) is 19.2. The Morgan fingerprint density at radius 3 is 2.26 bits per heavy atom. The van der Waals surface area contributed by atoms with Gasteiger partial charge < -0.3 is 10.6 Å². The lowest BCUT2D eigenvalue weighted by atomic mass is 10.1. The van der Waals surface area contributed by atoms with Crippen molar-refractivity contribution in [2.45, 2.75) is 12.8 Å². The van der Waals surface area contributed by atoms with E-state index in [9.17, 15) is 18.4 Å². The molecular weight excluding hydrogens is 354 g/mol. The Balaban J connectivity index is 1.51. The summed E-state index contributed by atoms with van der Waals surface area (Å²) in [7, 11) is 0. The number of rotatable bonds is 6. The Hall–Kier alpha value is -2.61. The van der Waals surface area contributed by atoms with Crippen molar-refractivity contribution in [2.24, 2.45) is 11.7 Å². The number of allylic oxidation sites excluding steroid dienone is 1.